The largest absolute Gasteiger partial charge is 0.508 e. The van der Waals surface area contributed by atoms with Crippen molar-refractivity contribution in [3.05, 3.63) is 95.6 Å². The lowest BCUT2D eigenvalue weighted by molar-refractivity contribution is 0.309. The predicted octanol–water partition coefficient (Wildman–Crippen LogP) is 6.14. The minimum Gasteiger partial charge on any atom is -0.508 e. The molecule has 0 aliphatic carbocycles. The molecule has 3 aromatic carbocycles. The first-order chi connectivity index (χ1) is 14.6. The number of aromatic hydroxyl groups is 1. The van der Waals surface area contributed by atoms with Crippen LogP contribution in [0.5, 0.6) is 11.5 Å². The highest BCUT2D eigenvalue weighted by molar-refractivity contribution is 5.98. The average molecular weight is 402 g/mol. The first-order valence-corrected chi connectivity index (χ1v) is 10.6. The maximum atomic E-state index is 9.76. The van der Waals surface area contributed by atoms with Crippen LogP contribution in [0.15, 0.2) is 78.9 Å². The SMILES string of the molecule is CC/C(=C(\c1ccc(O)cc1)c1ccc(OCCNC(C)C)cc1)c1ccccc1. The van der Waals surface area contributed by atoms with Gasteiger partial charge < -0.3 is 15.2 Å². The van der Waals surface area contributed by atoms with E-state index in [1.54, 1.807) is 12.1 Å². The standard InChI is InChI=1S/C27H31NO2/c1-4-26(21-8-6-5-7-9-21)27(22-10-14-24(29)15-11-22)23-12-16-25(17-13-23)30-19-18-28-20(2)3/h5-17,20,28-29H,4,18-19H2,1-3H3/b27-26-. The van der Waals surface area contributed by atoms with E-state index in [1.807, 2.05) is 30.3 Å². The zero-order chi connectivity index (χ0) is 21.3. The first kappa shape index (κ1) is 21.7. The fourth-order valence-corrected chi connectivity index (χ4v) is 3.54. The van der Waals surface area contributed by atoms with Crippen molar-refractivity contribution in [2.45, 2.75) is 33.2 Å². The van der Waals surface area contributed by atoms with Gasteiger partial charge in [-0.1, -0.05) is 75.4 Å². The van der Waals surface area contributed by atoms with Gasteiger partial charge in [-0.3, -0.25) is 0 Å². The summed E-state index contributed by atoms with van der Waals surface area (Å²) in [4.78, 5) is 0. The maximum absolute atomic E-state index is 9.76. The van der Waals surface area contributed by atoms with Crippen LogP contribution in [0.25, 0.3) is 11.1 Å². The Labute approximate surface area is 180 Å². The number of hydrogen-bond acceptors (Lipinski definition) is 3. The summed E-state index contributed by atoms with van der Waals surface area (Å²) in [5.41, 5.74) is 5.88. The molecule has 0 radical (unpaired) electrons. The summed E-state index contributed by atoms with van der Waals surface area (Å²) in [5.74, 6) is 1.14. The molecule has 0 atom stereocenters. The van der Waals surface area contributed by atoms with E-state index in [0.717, 1.165) is 29.8 Å². The van der Waals surface area contributed by atoms with E-state index in [0.29, 0.717) is 12.6 Å². The van der Waals surface area contributed by atoms with Crippen molar-refractivity contribution in [2.24, 2.45) is 0 Å². The Morgan fingerprint density at radius 1 is 0.833 bits per heavy atom. The molecular formula is C27H31NO2. The average Bonchev–Trinajstić information content (AvgIpc) is 2.77. The lowest BCUT2D eigenvalue weighted by Gasteiger charge is -2.17. The minimum absolute atomic E-state index is 0.273. The monoisotopic (exact) mass is 401 g/mol. The number of phenolic OH excluding ortho intramolecular Hbond substituents is 1. The smallest absolute Gasteiger partial charge is 0.119 e. The Morgan fingerprint density at radius 2 is 1.43 bits per heavy atom. The number of hydrogen-bond donors (Lipinski definition) is 2. The molecule has 0 saturated carbocycles. The molecular weight excluding hydrogens is 370 g/mol. The van der Waals surface area contributed by atoms with Gasteiger partial charge in [-0.05, 0) is 58.5 Å². The van der Waals surface area contributed by atoms with Crippen molar-refractivity contribution >= 4 is 11.1 Å². The zero-order valence-corrected chi connectivity index (χ0v) is 18.1. The van der Waals surface area contributed by atoms with E-state index >= 15 is 0 Å². The third-order valence-corrected chi connectivity index (χ3v) is 5.00. The lowest BCUT2D eigenvalue weighted by atomic mass is 9.88. The number of rotatable bonds is 9. The Balaban J connectivity index is 1.95. The van der Waals surface area contributed by atoms with Gasteiger partial charge in [0.25, 0.3) is 0 Å². The van der Waals surface area contributed by atoms with E-state index in [-0.39, 0.29) is 5.75 Å². The Morgan fingerprint density at radius 3 is 2.00 bits per heavy atom. The molecule has 3 rings (SSSR count). The number of phenols is 1. The normalized spacial score (nSPS) is 12.0. The molecule has 0 heterocycles. The van der Waals surface area contributed by atoms with Crippen LogP contribution in [0.2, 0.25) is 0 Å². The summed E-state index contributed by atoms with van der Waals surface area (Å²) >= 11 is 0. The highest BCUT2D eigenvalue weighted by Crippen LogP contribution is 2.35. The van der Waals surface area contributed by atoms with Crippen LogP contribution < -0.4 is 10.1 Å². The molecule has 0 aromatic heterocycles. The van der Waals surface area contributed by atoms with E-state index < -0.39 is 0 Å². The van der Waals surface area contributed by atoms with E-state index in [2.05, 4.69) is 62.5 Å². The fraction of sp³-hybridized carbons (Fsp3) is 0.259. The Kier molecular flexibility index (Phi) is 7.69. The molecule has 156 valence electrons. The summed E-state index contributed by atoms with van der Waals surface area (Å²) in [6.07, 6.45) is 0.902. The second-order valence-corrected chi connectivity index (χ2v) is 7.60. The fourth-order valence-electron chi connectivity index (χ4n) is 3.54. The van der Waals surface area contributed by atoms with Gasteiger partial charge in [-0.15, -0.1) is 0 Å². The van der Waals surface area contributed by atoms with Crippen molar-refractivity contribution in [1.29, 1.82) is 0 Å². The van der Waals surface area contributed by atoms with Gasteiger partial charge in [0, 0.05) is 12.6 Å². The number of ether oxygens (including phenoxy) is 1. The number of nitrogens with one attached hydrogen (secondary N) is 1. The van der Waals surface area contributed by atoms with Crippen LogP contribution >= 0.6 is 0 Å². The highest BCUT2D eigenvalue weighted by atomic mass is 16.5. The third-order valence-electron chi connectivity index (χ3n) is 5.00. The van der Waals surface area contributed by atoms with Crippen molar-refractivity contribution in [3.8, 4) is 11.5 Å². The van der Waals surface area contributed by atoms with Crippen LogP contribution in [0.1, 0.15) is 43.9 Å². The van der Waals surface area contributed by atoms with Gasteiger partial charge in [-0.2, -0.15) is 0 Å². The predicted molar refractivity (Wildman–Crippen MR) is 126 cm³/mol. The van der Waals surface area contributed by atoms with Crippen LogP contribution in [-0.2, 0) is 0 Å². The minimum atomic E-state index is 0.273. The summed E-state index contributed by atoms with van der Waals surface area (Å²) in [6.45, 7) is 7.91. The maximum Gasteiger partial charge on any atom is 0.119 e. The summed E-state index contributed by atoms with van der Waals surface area (Å²) in [7, 11) is 0. The molecule has 0 saturated heterocycles. The van der Waals surface area contributed by atoms with Crippen molar-refractivity contribution in [1.82, 2.24) is 5.32 Å². The summed E-state index contributed by atoms with van der Waals surface area (Å²) in [6, 6.07) is 26.7. The van der Waals surface area contributed by atoms with Gasteiger partial charge in [-0.25, -0.2) is 0 Å². The molecule has 0 aliphatic rings. The molecule has 0 aliphatic heterocycles. The van der Waals surface area contributed by atoms with Gasteiger partial charge in [0.1, 0.15) is 18.1 Å². The molecule has 0 spiro atoms. The van der Waals surface area contributed by atoms with Crippen molar-refractivity contribution in [2.75, 3.05) is 13.2 Å². The highest BCUT2D eigenvalue weighted by Gasteiger charge is 2.13. The molecule has 0 bridgehead atoms. The van der Waals surface area contributed by atoms with E-state index in [1.165, 1.54) is 16.7 Å². The second kappa shape index (κ2) is 10.7. The molecule has 3 aromatic rings. The summed E-state index contributed by atoms with van der Waals surface area (Å²) in [5, 5.41) is 13.1. The number of benzene rings is 3. The molecule has 0 amide bonds. The van der Waals surface area contributed by atoms with Gasteiger partial charge >= 0.3 is 0 Å². The van der Waals surface area contributed by atoms with Crippen LogP contribution in [0.4, 0.5) is 0 Å². The molecule has 3 heteroatoms. The molecule has 0 fully saturated rings. The Hall–Kier alpha value is -3.04. The van der Waals surface area contributed by atoms with Gasteiger partial charge in [0.15, 0.2) is 0 Å². The Bertz CT molecular complexity index is 942. The molecule has 2 N–H and O–H groups in total. The van der Waals surface area contributed by atoms with Crippen molar-refractivity contribution in [3.63, 3.8) is 0 Å². The molecule has 0 unspecified atom stereocenters. The van der Waals surface area contributed by atoms with Crippen LogP contribution in [0.3, 0.4) is 0 Å². The van der Waals surface area contributed by atoms with Gasteiger partial charge in [0.2, 0.25) is 0 Å². The number of allylic oxidation sites excluding steroid dienone is 1. The van der Waals surface area contributed by atoms with Crippen LogP contribution in [-0.4, -0.2) is 24.3 Å². The third kappa shape index (κ3) is 5.74. The summed E-state index contributed by atoms with van der Waals surface area (Å²) < 4.78 is 5.87. The van der Waals surface area contributed by atoms with E-state index in [4.69, 9.17) is 4.74 Å². The zero-order valence-electron chi connectivity index (χ0n) is 18.1. The van der Waals surface area contributed by atoms with Crippen LogP contribution in [0, 0.1) is 0 Å². The van der Waals surface area contributed by atoms with E-state index in [9.17, 15) is 5.11 Å². The first-order valence-electron chi connectivity index (χ1n) is 10.6. The molecule has 3 nitrogen and oxygen atoms in total. The topological polar surface area (TPSA) is 41.5 Å². The second-order valence-electron chi connectivity index (χ2n) is 7.60. The lowest BCUT2D eigenvalue weighted by Crippen LogP contribution is -2.27. The van der Waals surface area contributed by atoms with Gasteiger partial charge in [0.05, 0.1) is 0 Å². The van der Waals surface area contributed by atoms with Crippen molar-refractivity contribution < 1.29 is 9.84 Å². The quantitative estimate of drug-likeness (QED) is 0.334. The molecule has 30 heavy (non-hydrogen) atoms.